The molecule has 1 saturated heterocycles. The molecule has 2 aromatic rings. The van der Waals surface area contributed by atoms with Crippen LogP contribution in [-0.2, 0) is 10.2 Å². The normalized spacial score (nSPS) is 21.7. The van der Waals surface area contributed by atoms with E-state index in [9.17, 15) is 14.7 Å². The van der Waals surface area contributed by atoms with E-state index in [1.54, 1.807) is 11.1 Å². The van der Waals surface area contributed by atoms with Gasteiger partial charge in [-0.25, -0.2) is 9.59 Å². The Hall–Kier alpha value is -2.80. The number of rotatable bonds is 2. The molecule has 7 heteroatoms. The molecule has 2 amide bonds. The van der Waals surface area contributed by atoms with Crippen molar-refractivity contribution in [3.05, 3.63) is 41.7 Å². The smallest absolute Gasteiger partial charge is 0.339 e. The number of piperazine rings is 1. The number of carbonyl (C=O) groups excluding carboxylic acids is 1. The van der Waals surface area contributed by atoms with Crippen molar-refractivity contribution >= 4 is 28.5 Å². The molecular weight excluding hydrogens is 392 g/mol. The summed E-state index contributed by atoms with van der Waals surface area (Å²) in [5.74, 6) is -0.915. The number of carboxylic acids is 1. The summed E-state index contributed by atoms with van der Waals surface area (Å²) in [5, 5.41) is 11.1. The topological polar surface area (TPSA) is 79.9 Å². The second-order valence-corrected chi connectivity index (χ2v) is 9.66. The molecule has 3 heterocycles. The number of para-hydroxylation sites is 1. The number of carbonyl (C=O) groups is 2. The number of aromatic amines is 1. The molecule has 2 aliphatic rings. The summed E-state index contributed by atoms with van der Waals surface area (Å²) in [6.07, 6.45) is 1.57. The number of nitrogens with one attached hydrogen (secondary N) is 1. The number of likely N-dealkylation sites (N-methyl/N-ethyl adjacent to an activating group) is 1. The highest BCUT2D eigenvalue weighted by Gasteiger charge is 2.46. The van der Waals surface area contributed by atoms with Gasteiger partial charge in [-0.2, -0.15) is 0 Å². The van der Waals surface area contributed by atoms with Crippen LogP contribution in [0.25, 0.3) is 16.5 Å². The second-order valence-electron chi connectivity index (χ2n) is 9.66. The summed E-state index contributed by atoms with van der Waals surface area (Å²) in [4.78, 5) is 35.2. The summed E-state index contributed by atoms with van der Waals surface area (Å²) in [5.41, 5.74) is 2.13. The fourth-order valence-corrected chi connectivity index (χ4v) is 5.44. The lowest BCUT2D eigenvalue weighted by Gasteiger charge is -2.45. The van der Waals surface area contributed by atoms with Crippen molar-refractivity contribution in [1.82, 2.24) is 19.7 Å². The van der Waals surface area contributed by atoms with Gasteiger partial charge in [0.15, 0.2) is 0 Å². The summed E-state index contributed by atoms with van der Waals surface area (Å²) >= 11 is 0. The molecule has 1 fully saturated rings. The van der Waals surface area contributed by atoms with Crippen molar-refractivity contribution in [3.63, 3.8) is 0 Å². The Bertz CT molecular complexity index is 1040. The van der Waals surface area contributed by atoms with E-state index < -0.39 is 11.4 Å². The van der Waals surface area contributed by atoms with Crippen molar-refractivity contribution in [2.45, 2.75) is 39.2 Å². The van der Waals surface area contributed by atoms with Gasteiger partial charge in [-0.3, -0.25) is 4.90 Å². The van der Waals surface area contributed by atoms with Crippen LogP contribution in [0.3, 0.4) is 0 Å². The zero-order chi connectivity index (χ0) is 22.5. The van der Waals surface area contributed by atoms with Crippen LogP contribution < -0.4 is 0 Å². The number of amides is 2. The van der Waals surface area contributed by atoms with E-state index in [0.29, 0.717) is 18.8 Å². The van der Waals surface area contributed by atoms with Gasteiger partial charge in [0.2, 0.25) is 0 Å². The Morgan fingerprint density at radius 2 is 1.77 bits per heavy atom. The van der Waals surface area contributed by atoms with Crippen LogP contribution >= 0.6 is 0 Å². The third kappa shape index (κ3) is 3.51. The number of nitrogens with zero attached hydrogens (tertiary/aromatic N) is 3. The number of benzene rings is 1. The van der Waals surface area contributed by atoms with Gasteiger partial charge in [0.25, 0.3) is 0 Å². The molecule has 31 heavy (non-hydrogen) atoms. The lowest BCUT2D eigenvalue weighted by atomic mass is 9.72. The number of H-pyrrole nitrogens is 1. The molecule has 2 aliphatic heterocycles. The Labute approximate surface area is 183 Å². The van der Waals surface area contributed by atoms with Gasteiger partial charge in [0.1, 0.15) is 0 Å². The predicted octanol–water partition coefficient (Wildman–Crippen LogP) is 3.58. The molecule has 166 valence electrons. The second kappa shape index (κ2) is 7.71. The van der Waals surface area contributed by atoms with E-state index in [1.807, 2.05) is 36.2 Å². The maximum absolute atomic E-state index is 13.7. The number of fused-ring (bicyclic) bond motifs is 3. The van der Waals surface area contributed by atoms with E-state index in [4.69, 9.17) is 0 Å². The van der Waals surface area contributed by atoms with Crippen molar-refractivity contribution < 1.29 is 14.7 Å². The molecule has 1 atom stereocenters. The molecule has 7 nitrogen and oxygen atoms in total. The number of urea groups is 1. The first-order valence-corrected chi connectivity index (χ1v) is 11.0. The average Bonchev–Trinajstić information content (AvgIpc) is 3.05. The maximum Gasteiger partial charge on any atom is 0.339 e. The predicted molar refractivity (Wildman–Crippen MR) is 122 cm³/mol. The first-order chi connectivity index (χ1) is 14.6. The van der Waals surface area contributed by atoms with Gasteiger partial charge >= 0.3 is 12.0 Å². The number of hydrogen-bond acceptors (Lipinski definition) is 3. The zero-order valence-electron chi connectivity index (χ0n) is 19.0. The van der Waals surface area contributed by atoms with Crippen LogP contribution in [0.1, 0.15) is 39.0 Å². The first kappa shape index (κ1) is 21.4. The molecule has 0 bridgehead atoms. The fourth-order valence-electron chi connectivity index (χ4n) is 5.44. The number of carboxylic acid groups (broad SMARTS) is 1. The average molecular weight is 425 g/mol. The van der Waals surface area contributed by atoms with E-state index in [2.05, 4.69) is 37.6 Å². The third-order valence-corrected chi connectivity index (χ3v) is 6.78. The van der Waals surface area contributed by atoms with Gasteiger partial charge in [-0.05, 0) is 24.6 Å². The van der Waals surface area contributed by atoms with Crippen LogP contribution in [0.2, 0.25) is 0 Å². The van der Waals surface area contributed by atoms with Crippen LogP contribution in [-0.4, -0.2) is 76.1 Å². The minimum absolute atomic E-state index is 0.118. The van der Waals surface area contributed by atoms with Crippen LogP contribution in [0.5, 0.6) is 0 Å². The summed E-state index contributed by atoms with van der Waals surface area (Å²) < 4.78 is 0. The quantitative estimate of drug-likeness (QED) is 0.772. The summed E-state index contributed by atoms with van der Waals surface area (Å²) in [7, 11) is 2.05. The standard InChI is InChI=1S/C24H32N4O3/c1-15(2)21-24(3,4)19-16-8-6-7-9-18(16)25-20(19)17(22(29)30)14-28(21)23(31)27-12-10-26(5)11-13-27/h6-9,14-15,21,25H,10-13H2,1-5H3,(H,29,30). The molecule has 1 unspecified atom stereocenters. The summed E-state index contributed by atoms with van der Waals surface area (Å²) in [6, 6.07) is 7.60. The molecule has 0 spiro atoms. The monoisotopic (exact) mass is 424 g/mol. The largest absolute Gasteiger partial charge is 0.478 e. The Kier molecular flexibility index (Phi) is 5.33. The van der Waals surface area contributed by atoms with Crippen molar-refractivity contribution in [3.8, 4) is 0 Å². The highest BCUT2D eigenvalue weighted by Crippen LogP contribution is 2.45. The van der Waals surface area contributed by atoms with E-state index in [0.717, 1.165) is 29.6 Å². The minimum atomic E-state index is -1.04. The van der Waals surface area contributed by atoms with E-state index >= 15 is 0 Å². The van der Waals surface area contributed by atoms with Crippen molar-refractivity contribution in [1.29, 1.82) is 0 Å². The molecule has 0 saturated carbocycles. The molecule has 0 radical (unpaired) electrons. The highest BCUT2D eigenvalue weighted by atomic mass is 16.4. The number of aromatic nitrogens is 1. The Morgan fingerprint density at radius 3 is 2.39 bits per heavy atom. The highest BCUT2D eigenvalue weighted by molar-refractivity contribution is 6.17. The van der Waals surface area contributed by atoms with Crippen molar-refractivity contribution in [2.75, 3.05) is 33.2 Å². The summed E-state index contributed by atoms with van der Waals surface area (Å²) in [6.45, 7) is 11.4. The van der Waals surface area contributed by atoms with E-state index in [-0.39, 0.29) is 23.6 Å². The van der Waals surface area contributed by atoms with Crippen LogP contribution in [0.15, 0.2) is 30.5 Å². The molecule has 4 rings (SSSR count). The lowest BCUT2D eigenvalue weighted by molar-refractivity contribution is -0.130. The Balaban J connectivity index is 1.91. The van der Waals surface area contributed by atoms with Crippen LogP contribution in [0.4, 0.5) is 4.79 Å². The zero-order valence-corrected chi connectivity index (χ0v) is 19.0. The van der Waals surface area contributed by atoms with E-state index in [1.165, 1.54) is 0 Å². The minimum Gasteiger partial charge on any atom is -0.478 e. The van der Waals surface area contributed by atoms with Gasteiger partial charge in [-0.1, -0.05) is 45.9 Å². The fraction of sp³-hybridized carbons (Fsp3) is 0.500. The lowest BCUT2D eigenvalue weighted by Crippen LogP contribution is -2.57. The molecule has 1 aromatic heterocycles. The van der Waals surface area contributed by atoms with Crippen molar-refractivity contribution in [2.24, 2.45) is 5.92 Å². The first-order valence-electron chi connectivity index (χ1n) is 11.0. The van der Waals surface area contributed by atoms with Gasteiger partial charge in [0, 0.05) is 54.7 Å². The van der Waals surface area contributed by atoms with Gasteiger partial charge < -0.3 is 19.9 Å². The molecule has 1 aromatic carbocycles. The van der Waals surface area contributed by atoms with Gasteiger partial charge in [-0.15, -0.1) is 0 Å². The molecular formula is C24H32N4O3. The maximum atomic E-state index is 13.7. The SMILES string of the molecule is CC(C)C1N(C(=O)N2CCN(C)CC2)C=C(C(=O)O)c2[nH]c3ccccc3c2C1(C)C. The number of aliphatic carboxylic acids is 1. The number of hydrogen-bond donors (Lipinski definition) is 2. The van der Waals surface area contributed by atoms with Crippen LogP contribution in [0, 0.1) is 5.92 Å². The van der Waals surface area contributed by atoms with Gasteiger partial charge in [0.05, 0.1) is 11.3 Å². The molecule has 0 aliphatic carbocycles. The Morgan fingerprint density at radius 1 is 1.13 bits per heavy atom. The molecule has 2 N–H and O–H groups in total. The third-order valence-electron chi connectivity index (χ3n) is 6.78.